The van der Waals surface area contributed by atoms with Gasteiger partial charge in [0.25, 0.3) is 0 Å². The molecule has 3 atom stereocenters. The highest BCUT2D eigenvalue weighted by Gasteiger charge is 2.40. The van der Waals surface area contributed by atoms with Crippen LogP contribution in [-0.4, -0.2) is 65.5 Å². The minimum atomic E-state index is -1.11. The summed E-state index contributed by atoms with van der Waals surface area (Å²) in [7, 11) is 1.17. The largest absolute Gasteiger partial charge is 0.467 e. The maximum atomic E-state index is 13.8. The zero-order valence-electron chi connectivity index (χ0n) is 22.3. The molecule has 1 aromatic carbocycles. The quantitative estimate of drug-likeness (QED) is 0.417. The van der Waals surface area contributed by atoms with E-state index < -0.39 is 53.5 Å². The lowest BCUT2D eigenvalue weighted by molar-refractivity contribution is -0.148. The molecular formula is C26H38N4O7. The van der Waals surface area contributed by atoms with Gasteiger partial charge in [0.2, 0.25) is 17.7 Å². The van der Waals surface area contributed by atoms with Crippen LogP contribution < -0.4 is 16.4 Å². The number of carbonyl (C=O) groups excluding carboxylic acids is 5. The molecule has 0 aromatic heterocycles. The van der Waals surface area contributed by atoms with E-state index in [2.05, 4.69) is 10.6 Å². The first-order valence-corrected chi connectivity index (χ1v) is 12.3. The van der Waals surface area contributed by atoms with Gasteiger partial charge in [-0.3, -0.25) is 14.4 Å². The third-order valence-corrected chi connectivity index (χ3v) is 5.92. The van der Waals surface area contributed by atoms with Crippen molar-refractivity contribution in [2.24, 2.45) is 11.7 Å². The van der Waals surface area contributed by atoms with Crippen molar-refractivity contribution in [2.75, 3.05) is 7.11 Å². The van der Waals surface area contributed by atoms with E-state index in [4.69, 9.17) is 15.2 Å². The van der Waals surface area contributed by atoms with Gasteiger partial charge in [0, 0.05) is 19.4 Å². The number of primary amides is 1. The molecule has 1 aromatic rings. The monoisotopic (exact) mass is 518 g/mol. The molecule has 37 heavy (non-hydrogen) atoms. The van der Waals surface area contributed by atoms with E-state index in [0.717, 1.165) is 11.1 Å². The molecule has 0 fully saturated rings. The fraction of sp³-hybridized carbons (Fsp3) is 0.577. The van der Waals surface area contributed by atoms with E-state index in [-0.39, 0.29) is 31.7 Å². The second-order valence-corrected chi connectivity index (χ2v) is 10.4. The van der Waals surface area contributed by atoms with Crippen molar-refractivity contribution in [2.45, 2.75) is 84.2 Å². The van der Waals surface area contributed by atoms with Gasteiger partial charge in [0.05, 0.1) is 7.11 Å². The number of carbonyl (C=O) groups is 5. The van der Waals surface area contributed by atoms with E-state index in [1.54, 1.807) is 34.6 Å². The van der Waals surface area contributed by atoms with Crippen molar-refractivity contribution in [3.63, 3.8) is 0 Å². The number of nitrogens with one attached hydrogen (secondary N) is 2. The number of fused-ring (bicyclic) bond motifs is 1. The van der Waals surface area contributed by atoms with Gasteiger partial charge in [-0.2, -0.15) is 0 Å². The van der Waals surface area contributed by atoms with Gasteiger partial charge >= 0.3 is 12.1 Å². The van der Waals surface area contributed by atoms with Crippen LogP contribution in [0.2, 0.25) is 0 Å². The zero-order valence-corrected chi connectivity index (χ0v) is 22.3. The number of hydrogen-bond donors (Lipinski definition) is 3. The zero-order chi connectivity index (χ0) is 27.9. The number of nitrogens with two attached hydrogens (primary N) is 1. The van der Waals surface area contributed by atoms with Crippen LogP contribution in [0.25, 0.3) is 0 Å². The average molecular weight is 519 g/mol. The molecule has 0 spiro atoms. The summed E-state index contributed by atoms with van der Waals surface area (Å²) in [5.74, 6) is -2.70. The summed E-state index contributed by atoms with van der Waals surface area (Å²) in [6.07, 6.45) is -0.713. The Hall–Kier alpha value is -3.63. The number of alkyl carbamates (subject to hydrolysis) is 1. The van der Waals surface area contributed by atoms with E-state index in [9.17, 15) is 24.0 Å². The summed E-state index contributed by atoms with van der Waals surface area (Å²) < 4.78 is 10.1. The predicted molar refractivity (Wildman–Crippen MR) is 135 cm³/mol. The highest BCUT2D eigenvalue weighted by molar-refractivity contribution is 5.94. The van der Waals surface area contributed by atoms with Gasteiger partial charge in [0.15, 0.2) is 0 Å². The molecule has 4 amide bonds. The van der Waals surface area contributed by atoms with Crippen molar-refractivity contribution in [1.29, 1.82) is 0 Å². The SMILES string of the molecule is COC(=O)[C@H](CCC(N)=O)NC(=O)[C@@H]1Cc2ccccc2CN1C(=O)[C@@H](NC(=O)OC(C)(C)C)C(C)C. The lowest BCUT2D eigenvalue weighted by atomic mass is 9.91. The smallest absolute Gasteiger partial charge is 0.408 e. The molecule has 0 aliphatic carbocycles. The molecular weight excluding hydrogens is 480 g/mol. The van der Waals surface area contributed by atoms with Crippen molar-refractivity contribution >= 4 is 29.8 Å². The molecule has 11 heteroatoms. The summed E-state index contributed by atoms with van der Waals surface area (Å²) in [6, 6.07) is 4.40. The number of esters is 1. The minimum absolute atomic E-state index is 0.0418. The Morgan fingerprint density at radius 3 is 2.24 bits per heavy atom. The molecule has 0 bridgehead atoms. The number of rotatable bonds is 9. The van der Waals surface area contributed by atoms with Gasteiger partial charge in [-0.15, -0.1) is 0 Å². The van der Waals surface area contributed by atoms with Crippen molar-refractivity contribution < 1.29 is 33.4 Å². The summed E-state index contributed by atoms with van der Waals surface area (Å²) in [5, 5.41) is 5.27. The number of amides is 4. The molecule has 0 radical (unpaired) electrons. The second-order valence-electron chi connectivity index (χ2n) is 10.4. The number of hydrogen-bond acceptors (Lipinski definition) is 7. The Labute approximate surface area is 217 Å². The number of benzene rings is 1. The van der Waals surface area contributed by atoms with Gasteiger partial charge in [-0.1, -0.05) is 38.1 Å². The lowest BCUT2D eigenvalue weighted by Crippen LogP contribution is -2.60. The summed E-state index contributed by atoms with van der Waals surface area (Å²) in [5.41, 5.74) is 6.22. The Morgan fingerprint density at radius 2 is 1.70 bits per heavy atom. The summed E-state index contributed by atoms with van der Waals surface area (Å²) >= 11 is 0. The molecule has 11 nitrogen and oxygen atoms in total. The Balaban J connectivity index is 2.35. The van der Waals surface area contributed by atoms with Crippen LogP contribution in [0.3, 0.4) is 0 Å². The molecule has 2 rings (SSSR count). The third kappa shape index (κ3) is 8.47. The first kappa shape index (κ1) is 29.6. The maximum absolute atomic E-state index is 13.8. The van der Waals surface area contributed by atoms with Gasteiger partial charge in [-0.05, 0) is 44.2 Å². The molecule has 1 heterocycles. The molecule has 0 saturated carbocycles. The van der Waals surface area contributed by atoms with Crippen LogP contribution in [0, 0.1) is 5.92 Å². The molecule has 204 valence electrons. The fourth-order valence-electron chi connectivity index (χ4n) is 4.06. The normalized spacial score (nSPS) is 16.7. The van der Waals surface area contributed by atoms with Gasteiger partial charge in [-0.25, -0.2) is 9.59 Å². The Kier molecular flexibility index (Phi) is 10.0. The van der Waals surface area contributed by atoms with Crippen molar-refractivity contribution in [3.8, 4) is 0 Å². The van der Waals surface area contributed by atoms with Crippen LogP contribution in [-0.2, 0) is 41.6 Å². The summed E-state index contributed by atoms with van der Waals surface area (Å²) in [6.45, 7) is 8.86. The van der Waals surface area contributed by atoms with E-state index in [1.165, 1.54) is 12.0 Å². The topological polar surface area (TPSA) is 157 Å². The molecule has 4 N–H and O–H groups in total. The Bertz CT molecular complexity index is 1020. The van der Waals surface area contributed by atoms with E-state index >= 15 is 0 Å². The molecule has 0 saturated heterocycles. The van der Waals surface area contributed by atoms with E-state index in [0.29, 0.717) is 0 Å². The minimum Gasteiger partial charge on any atom is -0.467 e. The highest BCUT2D eigenvalue weighted by Crippen LogP contribution is 2.25. The average Bonchev–Trinajstić information content (AvgIpc) is 2.81. The van der Waals surface area contributed by atoms with Crippen LogP contribution in [0.1, 0.15) is 58.6 Å². The van der Waals surface area contributed by atoms with E-state index in [1.807, 2.05) is 24.3 Å². The first-order chi connectivity index (χ1) is 17.2. The van der Waals surface area contributed by atoms with Crippen molar-refractivity contribution in [3.05, 3.63) is 35.4 Å². The first-order valence-electron chi connectivity index (χ1n) is 12.3. The number of nitrogens with zero attached hydrogens (tertiary/aromatic N) is 1. The lowest BCUT2D eigenvalue weighted by Gasteiger charge is -2.39. The molecule has 1 aliphatic heterocycles. The van der Waals surface area contributed by atoms with Crippen LogP contribution in [0.5, 0.6) is 0 Å². The third-order valence-electron chi connectivity index (χ3n) is 5.92. The number of ether oxygens (including phenoxy) is 2. The maximum Gasteiger partial charge on any atom is 0.408 e. The van der Waals surface area contributed by atoms with Crippen LogP contribution in [0.15, 0.2) is 24.3 Å². The highest BCUT2D eigenvalue weighted by atomic mass is 16.6. The summed E-state index contributed by atoms with van der Waals surface area (Å²) in [4.78, 5) is 64.6. The van der Waals surface area contributed by atoms with Gasteiger partial charge < -0.3 is 30.7 Å². The standard InChI is InChI=1S/C26H38N4O7/c1-15(2)21(29-25(35)37-26(3,4)5)23(33)30-14-17-10-8-7-9-16(17)13-19(30)22(32)28-18(24(34)36-6)11-12-20(27)31/h7-10,15,18-19,21H,11-14H2,1-6H3,(H2,27,31)(H,28,32)(H,29,35)/t18-,19-,21-/m0/s1. The number of methoxy groups -OCH3 is 1. The Morgan fingerprint density at radius 1 is 1.08 bits per heavy atom. The van der Waals surface area contributed by atoms with Crippen LogP contribution in [0.4, 0.5) is 4.79 Å². The molecule has 1 aliphatic rings. The van der Waals surface area contributed by atoms with Gasteiger partial charge in [0.1, 0.15) is 23.7 Å². The second kappa shape index (κ2) is 12.6. The van der Waals surface area contributed by atoms with Crippen LogP contribution >= 0.6 is 0 Å². The predicted octanol–water partition coefficient (Wildman–Crippen LogP) is 1.41. The fourth-order valence-corrected chi connectivity index (χ4v) is 4.06. The van der Waals surface area contributed by atoms with Crippen molar-refractivity contribution in [1.82, 2.24) is 15.5 Å². The molecule has 0 unspecified atom stereocenters.